The molecule has 20 heavy (non-hydrogen) atoms. The van der Waals surface area contributed by atoms with Gasteiger partial charge in [-0.3, -0.25) is 9.69 Å². The zero-order valence-corrected chi connectivity index (χ0v) is 11.8. The molecule has 1 saturated heterocycles. The Hall–Kier alpha value is -1.46. The van der Waals surface area contributed by atoms with E-state index in [1.54, 1.807) is 12.1 Å². The number of nitrogens with two attached hydrogens (primary N) is 2. The third-order valence-electron chi connectivity index (χ3n) is 4.10. The zero-order valence-electron chi connectivity index (χ0n) is 11.8. The van der Waals surface area contributed by atoms with Crippen LogP contribution >= 0.6 is 0 Å². The quantitative estimate of drug-likeness (QED) is 0.856. The van der Waals surface area contributed by atoms with E-state index in [1.165, 1.54) is 12.1 Å². The molecule has 0 aromatic heterocycles. The molecule has 2 rings (SSSR count). The first-order valence-electron chi connectivity index (χ1n) is 7.07. The maximum absolute atomic E-state index is 13.1. The van der Waals surface area contributed by atoms with E-state index in [-0.39, 0.29) is 29.7 Å². The fraction of sp³-hybridized carbons (Fsp3) is 0.533. The van der Waals surface area contributed by atoms with E-state index in [2.05, 4.69) is 4.90 Å². The third kappa shape index (κ3) is 3.16. The van der Waals surface area contributed by atoms with Crippen LogP contribution in [0.25, 0.3) is 0 Å². The molecule has 1 amide bonds. The number of halogens is 1. The molecule has 3 unspecified atom stereocenters. The number of benzene rings is 1. The summed E-state index contributed by atoms with van der Waals surface area (Å²) in [4.78, 5) is 13.5. The lowest BCUT2D eigenvalue weighted by molar-refractivity contribution is -0.121. The molecular weight excluding hydrogens is 257 g/mol. The number of likely N-dealkylation sites (tertiary alicyclic amines) is 1. The van der Waals surface area contributed by atoms with E-state index < -0.39 is 0 Å². The summed E-state index contributed by atoms with van der Waals surface area (Å²) in [5, 5.41) is 0. The molecule has 4 nitrogen and oxygen atoms in total. The molecule has 1 aliphatic heterocycles. The number of rotatable bonds is 5. The van der Waals surface area contributed by atoms with E-state index in [9.17, 15) is 9.18 Å². The number of amides is 1. The first-order chi connectivity index (χ1) is 9.52. The Morgan fingerprint density at radius 3 is 2.60 bits per heavy atom. The lowest BCUT2D eigenvalue weighted by Gasteiger charge is -2.32. The van der Waals surface area contributed by atoms with Gasteiger partial charge in [-0.05, 0) is 37.1 Å². The molecule has 0 aliphatic carbocycles. The fourth-order valence-corrected chi connectivity index (χ4v) is 2.88. The van der Waals surface area contributed by atoms with Crippen molar-refractivity contribution in [3.05, 3.63) is 35.6 Å². The standard InChI is InChI=1S/C15H22FN3O/c1-2-13(17)14(10-3-5-12(16)6-4-10)19-8-7-11(9-19)15(18)20/h3-6,11,13-14H,2,7-9,17H2,1H3,(H2,18,20). The summed E-state index contributed by atoms with van der Waals surface area (Å²) in [7, 11) is 0. The number of carbonyl (C=O) groups excluding carboxylic acids is 1. The second-order valence-corrected chi connectivity index (χ2v) is 5.45. The van der Waals surface area contributed by atoms with Crippen LogP contribution < -0.4 is 11.5 Å². The molecule has 1 fully saturated rings. The Balaban J connectivity index is 2.20. The highest BCUT2D eigenvalue weighted by atomic mass is 19.1. The Labute approximate surface area is 118 Å². The van der Waals surface area contributed by atoms with Gasteiger partial charge in [0.1, 0.15) is 5.82 Å². The molecule has 0 bridgehead atoms. The van der Waals surface area contributed by atoms with Crippen LogP contribution in [0, 0.1) is 11.7 Å². The topological polar surface area (TPSA) is 72.3 Å². The molecule has 1 aromatic rings. The first kappa shape index (κ1) is 14.9. The van der Waals surface area contributed by atoms with Crippen molar-refractivity contribution >= 4 is 5.91 Å². The summed E-state index contributed by atoms with van der Waals surface area (Å²) >= 11 is 0. The largest absolute Gasteiger partial charge is 0.369 e. The SMILES string of the molecule is CCC(N)C(c1ccc(F)cc1)N1CCC(C(N)=O)C1. The first-order valence-corrected chi connectivity index (χ1v) is 7.07. The molecule has 3 atom stereocenters. The molecule has 5 heteroatoms. The van der Waals surface area contributed by atoms with Crippen LogP contribution in [0.15, 0.2) is 24.3 Å². The molecule has 0 spiro atoms. The molecule has 0 radical (unpaired) electrons. The van der Waals surface area contributed by atoms with Gasteiger partial charge in [0.05, 0.1) is 5.92 Å². The fourth-order valence-electron chi connectivity index (χ4n) is 2.88. The van der Waals surface area contributed by atoms with Crippen molar-refractivity contribution in [1.82, 2.24) is 4.90 Å². The van der Waals surface area contributed by atoms with E-state index in [0.29, 0.717) is 6.54 Å². The van der Waals surface area contributed by atoms with Crippen molar-refractivity contribution in [3.8, 4) is 0 Å². The van der Waals surface area contributed by atoms with Gasteiger partial charge in [0.25, 0.3) is 0 Å². The van der Waals surface area contributed by atoms with E-state index >= 15 is 0 Å². The summed E-state index contributed by atoms with van der Waals surface area (Å²) in [6, 6.07) is 6.40. The number of hydrogen-bond donors (Lipinski definition) is 2. The van der Waals surface area contributed by atoms with Crippen LogP contribution in [0.5, 0.6) is 0 Å². The van der Waals surface area contributed by atoms with Gasteiger partial charge in [-0.1, -0.05) is 19.1 Å². The van der Waals surface area contributed by atoms with E-state index in [4.69, 9.17) is 11.5 Å². The number of primary amides is 1. The Morgan fingerprint density at radius 1 is 1.45 bits per heavy atom. The Kier molecular flexibility index (Phi) is 4.73. The highest BCUT2D eigenvalue weighted by Crippen LogP contribution is 2.30. The van der Waals surface area contributed by atoms with E-state index in [1.807, 2.05) is 6.92 Å². The van der Waals surface area contributed by atoms with Crippen molar-refractivity contribution in [2.24, 2.45) is 17.4 Å². The van der Waals surface area contributed by atoms with E-state index in [0.717, 1.165) is 24.9 Å². The highest BCUT2D eigenvalue weighted by molar-refractivity contribution is 5.77. The van der Waals surface area contributed by atoms with Gasteiger partial charge in [-0.15, -0.1) is 0 Å². The predicted octanol–water partition coefficient (Wildman–Crippen LogP) is 1.41. The van der Waals surface area contributed by atoms with Crippen molar-refractivity contribution in [1.29, 1.82) is 0 Å². The van der Waals surface area contributed by atoms with Crippen molar-refractivity contribution < 1.29 is 9.18 Å². The molecule has 1 aromatic carbocycles. The maximum Gasteiger partial charge on any atom is 0.221 e. The minimum absolute atomic E-state index is 0.00458. The van der Waals surface area contributed by atoms with Gasteiger partial charge in [0, 0.05) is 18.6 Å². The molecule has 110 valence electrons. The van der Waals surface area contributed by atoms with Crippen LogP contribution in [0.3, 0.4) is 0 Å². The zero-order chi connectivity index (χ0) is 14.7. The van der Waals surface area contributed by atoms with Gasteiger partial charge in [-0.25, -0.2) is 4.39 Å². The maximum atomic E-state index is 13.1. The Bertz CT molecular complexity index is 463. The third-order valence-corrected chi connectivity index (χ3v) is 4.10. The van der Waals surface area contributed by atoms with Gasteiger partial charge in [0.15, 0.2) is 0 Å². The summed E-state index contributed by atoms with van der Waals surface area (Å²) in [5.41, 5.74) is 12.6. The minimum atomic E-state index is -0.256. The second kappa shape index (κ2) is 6.33. The highest BCUT2D eigenvalue weighted by Gasteiger charge is 2.34. The van der Waals surface area contributed by atoms with Crippen molar-refractivity contribution in [2.75, 3.05) is 13.1 Å². The predicted molar refractivity (Wildman–Crippen MR) is 76.3 cm³/mol. The van der Waals surface area contributed by atoms with Crippen LogP contribution in [0.2, 0.25) is 0 Å². The summed E-state index contributed by atoms with van der Waals surface area (Å²) in [6.45, 7) is 3.46. The number of nitrogens with zero attached hydrogens (tertiary/aromatic N) is 1. The molecule has 4 N–H and O–H groups in total. The normalized spacial score (nSPS) is 22.6. The summed E-state index contributed by atoms with van der Waals surface area (Å²) < 4.78 is 13.1. The number of hydrogen-bond acceptors (Lipinski definition) is 3. The molecular formula is C15H22FN3O. The smallest absolute Gasteiger partial charge is 0.221 e. The van der Waals surface area contributed by atoms with Gasteiger partial charge >= 0.3 is 0 Å². The minimum Gasteiger partial charge on any atom is -0.369 e. The average molecular weight is 279 g/mol. The van der Waals surface area contributed by atoms with Crippen LogP contribution in [-0.4, -0.2) is 29.9 Å². The second-order valence-electron chi connectivity index (χ2n) is 5.45. The lowest BCUT2D eigenvalue weighted by atomic mass is 9.96. The molecule has 0 saturated carbocycles. The van der Waals surface area contributed by atoms with Crippen LogP contribution in [0.4, 0.5) is 4.39 Å². The van der Waals surface area contributed by atoms with Crippen LogP contribution in [0.1, 0.15) is 31.4 Å². The van der Waals surface area contributed by atoms with Gasteiger partial charge < -0.3 is 11.5 Å². The monoisotopic (exact) mass is 279 g/mol. The summed E-state index contributed by atoms with van der Waals surface area (Å²) in [5.74, 6) is -0.619. The average Bonchev–Trinajstić information content (AvgIpc) is 2.90. The number of carbonyl (C=O) groups is 1. The van der Waals surface area contributed by atoms with Crippen molar-refractivity contribution in [3.63, 3.8) is 0 Å². The summed E-state index contributed by atoms with van der Waals surface area (Å²) in [6.07, 6.45) is 1.59. The molecule has 1 heterocycles. The Morgan fingerprint density at radius 2 is 2.10 bits per heavy atom. The van der Waals surface area contributed by atoms with Gasteiger partial charge in [0.2, 0.25) is 5.91 Å². The lowest BCUT2D eigenvalue weighted by Crippen LogP contribution is -2.40. The van der Waals surface area contributed by atoms with Gasteiger partial charge in [-0.2, -0.15) is 0 Å². The van der Waals surface area contributed by atoms with Crippen LogP contribution in [-0.2, 0) is 4.79 Å². The molecule has 1 aliphatic rings. The van der Waals surface area contributed by atoms with Crippen molar-refractivity contribution in [2.45, 2.75) is 31.8 Å².